The first kappa shape index (κ1) is 13.8. The van der Waals surface area contributed by atoms with Gasteiger partial charge in [-0.15, -0.1) is 0 Å². The van der Waals surface area contributed by atoms with Crippen molar-refractivity contribution in [3.8, 4) is 5.88 Å². The zero-order chi connectivity index (χ0) is 12.9. The van der Waals surface area contributed by atoms with Gasteiger partial charge in [-0.1, -0.05) is 0 Å². The first-order chi connectivity index (χ1) is 7.90. The van der Waals surface area contributed by atoms with Crippen molar-refractivity contribution in [3.05, 3.63) is 23.4 Å². The van der Waals surface area contributed by atoms with E-state index >= 15 is 0 Å². The summed E-state index contributed by atoms with van der Waals surface area (Å²) in [6.45, 7) is 1.99. The summed E-state index contributed by atoms with van der Waals surface area (Å²) < 4.78 is 40.8. The fourth-order valence-electron chi connectivity index (χ4n) is 1.36. The molecule has 0 amide bonds. The molecular formula is C11H15F3N2O. The third-order valence-electron chi connectivity index (χ3n) is 2.01. The predicted molar refractivity (Wildman–Crippen MR) is 57.9 cm³/mol. The molecule has 1 aromatic heterocycles. The van der Waals surface area contributed by atoms with Gasteiger partial charge in [0.1, 0.15) is 0 Å². The van der Waals surface area contributed by atoms with Crippen molar-refractivity contribution >= 4 is 0 Å². The molecule has 0 spiro atoms. The van der Waals surface area contributed by atoms with Gasteiger partial charge < -0.3 is 10.1 Å². The summed E-state index contributed by atoms with van der Waals surface area (Å²) >= 11 is 0. The molecule has 0 aliphatic carbocycles. The second-order valence-corrected chi connectivity index (χ2v) is 3.70. The van der Waals surface area contributed by atoms with Crippen molar-refractivity contribution in [1.29, 1.82) is 0 Å². The van der Waals surface area contributed by atoms with Gasteiger partial charge in [-0.2, -0.15) is 13.2 Å². The number of aryl methyl sites for hydroxylation is 1. The normalized spacial score (nSPS) is 11.6. The molecule has 1 rings (SSSR count). The zero-order valence-electron chi connectivity index (χ0n) is 9.77. The maximum Gasteiger partial charge on any atom is 0.392 e. The predicted octanol–water partition coefficient (Wildman–Crippen LogP) is 2.44. The molecule has 1 heterocycles. The van der Waals surface area contributed by atoms with Crippen LogP contribution in [0.5, 0.6) is 5.88 Å². The van der Waals surface area contributed by atoms with Gasteiger partial charge in [-0.3, -0.25) is 0 Å². The Labute approximate surface area is 98.0 Å². The molecule has 6 heteroatoms. The molecule has 0 saturated heterocycles. The molecule has 0 aliphatic rings. The van der Waals surface area contributed by atoms with E-state index in [-0.39, 0.29) is 5.88 Å². The number of rotatable bonds is 5. The highest BCUT2D eigenvalue weighted by Gasteiger charge is 2.26. The van der Waals surface area contributed by atoms with Crippen molar-refractivity contribution < 1.29 is 17.9 Å². The van der Waals surface area contributed by atoms with Crippen LogP contribution in [0, 0.1) is 6.92 Å². The third-order valence-corrected chi connectivity index (χ3v) is 2.01. The van der Waals surface area contributed by atoms with Crippen LogP contribution in [0.4, 0.5) is 13.2 Å². The Morgan fingerprint density at radius 2 is 2.06 bits per heavy atom. The van der Waals surface area contributed by atoms with Crippen LogP contribution in [-0.2, 0) is 6.54 Å². The van der Waals surface area contributed by atoms with Crippen LogP contribution in [0.2, 0.25) is 0 Å². The van der Waals surface area contributed by atoms with Gasteiger partial charge in [0.2, 0.25) is 5.88 Å². The van der Waals surface area contributed by atoms with Crippen molar-refractivity contribution in [2.24, 2.45) is 0 Å². The average molecular weight is 248 g/mol. The van der Waals surface area contributed by atoms with Crippen molar-refractivity contribution in [2.45, 2.75) is 26.1 Å². The summed E-state index contributed by atoms with van der Waals surface area (Å²) in [7, 11) is 1.79. The molecule has 0 fully saturated rings. The molecule has 17 heavy (non-hydrogen) atoms. The SMILES string of the molecule is CNCc1cc(C)nc(OCCC(F)(F)F)c1. The lowest BCUT2D eigenvalue weighted by Gasteiger charge is -2.10. The largest absolute Gasteiger partial charge is 0.477 e. The van der Waals surface area contributed by atoms with Crippen LogP contribution < -0.4 is 10.1 Å². The van der Waals surface area contributed by atoms with Gasteiger partial charge in [0, 0.05) is 18.3 Å². The standard InChI is InChI=1S/C11H15F3N2O/c1-8-5-9(7-15-2)6-10(16-8)17-4-3-11(12,13)14/h5-6,15H,3-4,7H2,1-2H3. The van der Waals surface area contributed by atoms with E-state index in [1.807, 2.05) is 6.07 Å². The van der Waals surface area contributed by atoms with Crippen LogP contribution >= 0.6 is 0 Å². The highest BCUT2D eigenvalue weighted by atomic mass is 19.4. The molecule has 0 atom stereocenters. The molecule has 96 valence electrons. The van der Waals surface area contributed by atoms with E-state index in [4.69, 9.17) is 4.74 Å². The van der Waals surface area contributed by atoms with Crippen molar-refractivity contribution in [3.63, 3.8) is 0 Å². The summed E-state index contributed by atoms with van der Waals surface area (Å²) in [5.74, 6) is 0.236. The summed E-state index contributed by atoms with van der Waals surface area (Å²) in [5, 5.41) is 2.96. The Morgan fingerprint density at radius 3 is 2.65 bits per heavy atom. The lowest BCUT2D eigenvalue weighted by atomic mass is 10.2. The van der Waals surface area contributed by atoms with Gasteiger partial charge in [-0.05, 0) is 25.6 Å². The molecular weight excluding hydrogens is 233 g/mol. The summed E-state index contributed by atoms with van der Waals surface area (Å²) in [4.78, 5) is 4.02. The average Bonchev–Trinajstić information content (AvgIpc) is 2.15. The molecule has 0 bridgehead atoms. The van der Waals surface area contributed by atoms with Gasteiger partial charge in [0.15, 0.2) is 0 Å². The van der Waals surface area contributed by atoms with Gasteiger partial charge in [-0.25, -0.2) is 4.98 Å². The molecule has 0 saturated carbocycles. The van der Waals surface area contributed by atoms with Crippen molar-refractivity contribution in [2.75, 3.05) is 13.7 Å². The molecule has 1 aromatic rings. The molecule has 0 radical (unpaired) electrons. The fourth-order valence-corrected chi connectivity index (χ4v) is 1.36. The highest BCUT2D eigenvalue weighted by Crippen LogP contribution is 2.20. The molecule has 0 aromatic carbocycles. The van der Waals surface area contributed by atoms with Crippen LogP contribution in [0.1, 0.15) is 17.7 Å². The lowest BCUT2D eigenvalue weighted by Crippen LogP contribution is -2.14. The van der Waals surface area contributed by atoms with Crippen LogP contribution in [0.25, 0.3) is 0 Å². The highest BCUT2D eigenvalue weighted by molar-refractivity contribution is 5.24. The minimum absolute atomic E-state index is 0.236. The molecule has 0 aliphatic heterocycles. The van der Waals surface area contributed by atoms with Crippen LogP contribution in [-0.4, -0.2) is 24.8 Å². The van der Waals surface area contributed by atoms with Gasteiger partial charge >= 0.3 is 6.18 Å². The Bertz CT molecular complexity index is 366. The minimum Gasteiger partial charge on any atom is -0.477 e. The zero-order valence-corrected chi connectivity index (χ0v) is 9.77. The number of nitrogens with one attached hydrogen (secondary N) is 1. The Hall–Kier alpha value is -1.30. The summed E-state index contributed by atoms with van der Waals surface area (Å²) in [5.41, 5.74) is 1.65. The topological polar surface area (TPSA) is 34.2 Å². The van der Waals surface area contributed by atoms with E-state index in [0.29, 0.717) is 6.54 Å². The second kappa shape index (κ2) is 5.86. The number of alkyl halides is 3. The first-order valence-corrected chi connectivity index (χ1v) is 5.22. The van der Waals surface area contributed by atoms with E-state index in [9.17, 15) is 13.2 Å². The third kappa shape index (κ3) is 5.53. The van der Waals surface area contributed by atoms with Crippen molar-refractivity contribution in [1.82, 2.24) is 10.3 Å². The Balaban J connectivity index is 2.58. The number of aromatic nitrogens is 1. The van der Waals surface area contributed by atoms with Crippen LogP contribution in [0.3, 0.4) is 0 Å². The van der Waals surface area contributed by atoms with E-state index in [0.717, 1.165) is 11.3 Å². The number of nitrogens with zero attached hydrogens (tertiary/aromatic N) is 1. The summed E-state index contributed by atoms with van der Waals surface area (Å²) in [6, 6.07) is 3.49. The quantitative estimate of drug-likeness (QED) is 0.869. The minimum atomic E-state index is -4.20. The maximum absolute atomic E-state index is 11.9. The van der Waals surface area contributed by atoms with E-state index < -0.39 is 19.2 Å². The fraction of sp³-hybridized carbons (Fsp3) is 0.545. The van der Waals surface area contributed by atoms with E-state index in [2.05, 4.69) is 10.3 Å². The molecule has 0 unspecified atom stereocenters. The number of hydrogen-bond acceptors (Lipinski definition) is 3. The number of halogens is 3. The van der Waals surface area contributed by atoms with E-state index in [1.54, 1.807) is 20.0 Å². The van der Waals surface area contributed by atoms with Crippen LogP contribution in [0.15, 0.2) is 12.1 Å². The lowest BCUT2D eigenvalue weighted by molar-refractivity contribution is -0.139. The molecule has 3 nitrogen and oxygen atoms in total. The Kier molecular flexibility index (Phi) is 4.74. The van der Waals surface area contributed by atoms with E-state index in [1.165, 1.54) is 0 Å². The molecule has 1 N–H and O–H groups in total. The van der Waals surface area contributed by atoms with Gasteiger partial charge in [0.25, 0.3) is 0 Å². The first-order valence-electron chi connectivity index (χ1n) is 5.22. The monoisotopic (exact) mass is 248 g/mol. The number of ether oxygens (including phenoxy) is 1. The smallest absolute Gasteiger partial charge is 0.392 e. The number of hydrogen-bond donors (Lipinski definition) is 1. The summed E-state index contributed by atoms with van der Waals surface area (Å²) in [6.07, 6.45) is -5.17. The van der Waals surface area contributed by atoms with Gasteiger partial charge in [0.05, 0.1) is 13.0 Å². The number of pyridine rings is 1. The maximum atomic E-state index is 11.9. The second-order valence-electron chi connectivity index (χ2n) is 3.70. The Morgan fingerprint density at radius 1 is 1.35 bits per heavy atom.